The number of nitro benzene ring substituents is 1. The molecule has 8 nitrogen and oxygen atoms in total. The third-order valence-corrected chi connectivity index (χ3v) is 6.64. The summed E-state index contributed by atoms with van der Waals surface area (Å²) in [4.78, 5) is 10.9. The Balaban J connectivity index is 1.80. The van der Waals surface area contributed by atoms with E-state index in [1.807, 2.05) is 37.3 Å². The minimum absolute atomic E-state index is 0.0808. The summed E-state index contributed by atoms with van der Waals surface area (Å²) in [6, 6.07) is 13.8. The normalized spacial score (nSPS) is 16.5. The van der Waals surface area contributed by atoms with Crippen molar-refractivity contribution < 1.29 is 18.1 Å². The van der Waals surface area contributed by atoms with Crippen molar-refractivity contribution in [1.82, 2.24) is 4.31 Å². The first-order valence-corrected chi connectivity index (χ1v) is 10.5. The number of nitro groups is 1. The topological polar surface area (TPSA) is 102 Å². The molecule has 150 valence electrons. The first-order chi connectivity index (χ1) is 13.4. The molecule has 0 unspecified atom stereocenters. The number of ether oxygens (including phenoxy) is 1. The Kier molecular flexibility index (Phi) is 6.28. The van der Waals surface area contributed by atoms with Gasteiger partial charge in [0, 0.05) is 25.7 Å². The maximum atomic E-state index is 12.8. The molecule has 2 aromatic rings. The fourth-order valence-corrected chi connectivity index (χ4v) is 4.50. The smallest absolute Gasteiger partial charge is 0.293 e. The zero-order valence-corrected chi connectivity index (χ0v) is 16.4. The van der Waals surface area contributed by atoms with E-state index in [0.717, 1.165) is 11.6 Å². The molecule has 0 aromatic heterocycles. The quantitative estimate of drug-likeness (QED) is 0.561. The molecular formula is C19H23N3O5S. The third-order valence-electron chi connectivity index (χ3n) is 4.74. The summed E-state index contributed by atoms with van der Waals surface area (Å²) in [6.07, 6.45) is 0. The summed E-state index contributed by atoms with van der Waals surface area (Å²) < 4.78 is 32.0. The fraction of sp³-hybridized carbons (Fsp3) is 0.368. The van der Waals surface area contributed by atoms with Crippen LogP contribution >= 0.6 is 0 Å². The lowest BCUT2D eigenvalue weighted by Gasteiger charge is -2.26. The maximum absolute atomic E-state index is 12.8. The average Bonchev–Trinajstić information content (AvgIpc) is 2.73. The molecule has 1 fully saturated rings. The van der Waals surface area contributed by atoms with Crippen molar-refractivity contribution in [2.24, 2.45) is 0 Å². The Morgan fingerprint density at radius 3 is 2.50 bits per heavy atom. The van der Waals surface area contributed by atoms with Gasteiger partial charge < -0.3 is 10.1 Å². The van der Waals surface area contributed by atoms with Gasteiger partial charge in [-0.25, -0.2) is 8.42 Å². The molecule has 3 rings (SSSR count). The molecule has 2 aromatic carbocycles. The highest BCUT2D eigenvalue weighted by molar-refractivity contribution is 7.89. The van der Waals surface area contributed by atoms with Crippen LogP contribution in [0.2, 0.25) is 0 Å². The first-order valence-electron chi connectivity index (χ1n) is 9.05. The molecule has 0 aliphatic carbocycles. The molecule has 1 aliphatic rings. The summed E-state index contributed by atoms with van der Waals surface area (Å²) in [5, 5.41) is 14.6. The van der Waals surface area contributed by atoms with Crippen LogP contribution in [-0.4, -0.2) is 50.5 Å². The number of hydrogen-bond acceptors (Lipinski definition) is 6. The Bertz CT molecular complexity index is 928. The second-order valence-electron chi connectivity index (χ2n) is 6.65. The van der Waals surface area contributed by atoms with Gasteiger partial charge in [-0.3, -0.25) is 10.1 Å². The number of nitrogens with one attached hydrogen (secondary N) is 1. The number of anilines is 1. The van der Waals surface area contributed by atoms with E-state index in [1.54, 1.807) is 0 Å². The number of hydrogen-bond donors (Lipinski definition) is 1. The molecular weight excluding hydrogens is 382 g/mol. The third kappa shape index (κ3) is 4.49. The van der Waals surface area contributed by atoms with Crippen LogP contribution in [-0.2, 0) is 14.8 Å². The highest BCUT2D eigenvalue weighted by Gasteiger charge is 2.28. The lowest BCUT2D eigenvalue weighted by atomic mass is 10.0. The number of morpholine rings is 1. The van der Waals surface area contributed by atoms with Gasteiger partial charge in [0.25, 0.3) is 5.69 Å². The summed E-state index contributed by atoms with van der Waals surface area (Å²) in [7, 11) is -3.79. The van der Waals surface area contributed by atoms with Crippen LogP contribution in [0.5, 0.6) is 0 Å². The van der Waals surface area contributed by atoms with Gasteiger partial charge in [-0.15, -0.1) is 0 Å². The van der Waals surface area contributed by atoms with Gasteiger partial charge >= 0.3 is 0 Å². The van der Waals surface area contributed by atoms with Crippen molar-refractivity contribution in [2.45, 2.75) is 17.7 Å². The molecule has 1 saturated heterocycles. The molecule has 1 atom stereocenters. The molecule has 0 spiro atoms. The monoisotopic (exact) mass is 405 g/mol. The van der Waals surface area contributed by atoms with E-state index >= 15 is 0 Å². The van der Waals surface area contributed by atoms with E-state index in [2.05, 4.69) is 5.32 Å². The molecule has 0 saturated carbocycles. The molecule has 0 amide bonds. The van der Waals surface area contributed by atoms with E-state index in [0.29, 0.717) is 25.4 Å². The zero-order valence-electron chi connectivity index (χ0n) is 15.6. The molecule has 1 heterocycles. The van der Waals surface area contributed by atoms with E-state index in [9.17, 15) is 18.5 Å². The highest BCUT2D eigenvalue weighted by Crippen LogP contribution is 2.30. The number of sulfonamides is 1. The van der Waals surface area contributed by atoms with Gasteiger partial charge in [-0.05, 0) is 23.6 Å². The summed E-state index contributed by atoms with van der Waals surface area (Å²) in [5.74, 6) is 0.137. The van der Waals surface area contributed by atoms with Gasteiger partial charge in [0.2, 0.25) is 10.0 Å². The van der Waals surface area contributed by atoms with Crippen molar-refractivity contribution in [1.29, 1.82) is 0 Å². The van der Waals surface area contributed by atoms with Gasteiger partial charge in [-0.2, -0.15) is 4.31 Å². The van der Waals surface area contributed by atoms with Gasteiger partial charge in [0.05, 0.1) is 23.0 Å². The standard InChI is InChI=1S/C19H23N3O5S/c1-15(16-5-3-2-4-6-16)14-20-18-8-7-17(13-19(18)22(23)24)28(25,26)21-9-11-27-12-10-21/h2-8,13,15,20H,9-12,14H2,1H3/t15-/m0/s1. The van der Waals surface area contributed by atoms with Crippen LogP contribution in [0.25, 0.3) is 0 Å². The van der Waals surface area contributed by atoms with Crippen LogP contribution in [0.3, 0.4) is 0 Å². The van der Waals surface area contributed by atoms with Crippen molar-refractivity contribution in [3.63, 3.8) is 0 Å². The number of benzene rings is 2. The second-order valence-corrected chi connectivity index (χ2v) is 8.58. The molecule has 28 heavy (non-hydrogen) atoms. The predicted octanol–water partition coefficient (Wildman–Crippen LogP) is 2.83. The Morgan fingerprint density at radius 1 is 1.18 bits per heavy atom. The molecule has 0 radical (unpaired) electrons. The second kappa shape index (κ2) is 8.68. The maximum Gasteiger partial charge on any atom is 0.293 e. The minimum atomic E-state index is -3.79. The summed E-state index contributed by atoms with van der Waals surface area (Å²) >= 11 is 0. The van der Waals surface area contributed by atoms with Gasteiger partial charge in [-0.1, -0.05) is 37.3 Å². The van der Waals surface area contributed by atoms with Crippen LogP contribution < -0.4 is 5.32 Å². The lowest BCUT2D eigenvalue weighted by molar-refractivity contribution is -0.384. The average molecular weight is 405 g/mol. The Hall–Kier alpha value is -2.49. The number of nitrogens with zero attached hydrogens (tertiary/aromatic N) is 2. The van der Waals surface area contributed by atoms with Crippen LogP contribution in [0.1, 0.15) is 18.4 Å². The van der Waals surface area contributed by atoms with Gasteiger partial charge in [0.15, 0.2) is 0 Å². The predicted molar refractivity (Wildman–Crippen MR) is 106 cm³/mol. The Morgan fingerprint density at radius 2 is 1.86 bits per heavy atom. The van der Waals surface area contributed by atoms with Crippen molar-refractivity contribution >= 4 is 21.4 Å². The molecule has 1 aliphatic heterocycles. The van der Waals surface area contributed by atoms with Crippen molar-refractivity contribution in [2.75, 3.05) is 38.2 Å². The van der Waals surface area contributed by atoms with Gasteiger partial charge in [0.1, 0.15) is 5.69 Å². The zero-order chi connectivity index (χ0) is 20.1. The van der Waals surface area contributed by atoms with E-state index in [-0.39, 0.29) is 29.6 Å². The lowest BCUT2D eigenvalue weighted by Crippen LogP contribution is -2.40. The van der Waals surface area contributed by atoms with E-state index < -0.39 is 14.9 Å². The van der Waals surface area contributed by atoms with Crippen molar-refractivity contribution in [3.8, 4) is 0 Å². The van der Waals surface area contributed by atoms with E-state index in [4.69, 9.17) is 4.74 Å². The van der Waals surface area contributed by atoms with Crippen LogP contribution in [0, 0.1) is 10.1 Å². The first kappa shape index (κ1) is 20.2. The van der Waals surface area contributed by atoms with Crippen LogP contribution in [0.15, 0.2) is 53.4 Å². The minimum Gasteiger partial charge on any atom is -0.379 e. The van der Waals surface area contributed by atoms with Crippen molar-refractivity contribution in [3.05, 3.63) is 64.2 Å². The number of rotatable bonds is 7. The largest absolute Gasteiger partial charge is 0.379 e. The summed E-state index contributed by atoms with van der Waals surface area (Å²) in [6.45, 7) is 3.62. The fourth-order valence-electron chi connectivity index (χ4n) is 3.07. The SMILES string of the molecule is C[C@@H](CNc1ccc(S(=O)(=O)N2CCOCC2)cc1[N+](=O)[O-])c1ccccc1. The highest BCUT2D eigenvalue weighted by atomic mass is 32.2. The Labute approximate surface area is 164 Å². The molecule has 1 N–H and O–H groups in total. The molecule has 9 heteroatoms. The van der Waals surface area contributed by atoms with E-state index in [1.165, 1.54) is 16.4 Å². The molecule has 0 bridgehead atoms. The summed E-state index contributed by atoms with van der Waals surface area (Å²) in [5.41, 5.74) is 1.16. The van der Waals surface area contributed by atoms with Crippen LogP contribution in [0.4, 0.5) is 11.4 Å².